The molecule has 4 heteroatoms. The molecule has 1 aliphatic rings. The van der Waals surface area contributed by atoms with Gasteiger partial charge in [-0.05, 0) is 31.0 Å². The molecule has 18 heavy (non-hydrogen) atoms. The molecule has 100 valence electrons. The molecule has 0 bridgehead atoms. The highest BCUT2D eigenvalue weighted by atomic mass is 16.5. The second-order valence-electron chi connectivity index (χ2n) is 4.45. The van der Waals surface area contributed by atoms with Gasteiger partial charge in [0.15, 0.2) is 0 Å². The summed E-state index contributed by atoms with van der Waals surface area (Å²) < 4.78 is 16.5. The van der Waals surface area contributed by atoms with Gasteiger partial charge in [0.1, 0.15) is 11.5 Å². The van der Waals surface area contributed by atoms with Crippen molar-refractivity contribution in [2.24, 2.45) is 5.73 Å². The molecule has 2 N–H and O–H groups in total. The van der Waals surface area contributed by atoms with Crippen LogP contribution in [0.1, 0.15) is 24.8 Å². The molecule has 1 atom stereocenters. The van der Waals surface area contributed by atoms with Gasteiger partial charge in [-0.2, -0.15) is 0 Å². The summed E-state index contributed by atoms with van der Waals surface area (Å²) in [4.78, 5) is 0. The van der Waals surface area contributed by atoms with E-state index >= 15 is 0 Å². The predicted octanol–water partition coefficient (Wildman–Crippen LogP) is 2.10. The van der Waals surface area contributed by atoms with Crippen LogP contribution in [0.2, 0.25) is 0 Å². The van der Waals surface area contributed by atoms with Crippen LogP contribution in [0.5, 0.6) is 11.5 Å². The molecule has 1 fully saturated rings. The zero-order valence-electron chi connectivity index (χ0n) is 10.9. The molecule has 0 radical (unpaired) electrons. The van der Waals surface area contributed by atoms with Crippen molar-refractivity contribution in [3.8, 4) is 11.5 Å². The van der Waals surface area contributed by atoms with Crippen molar-refractivity contribution in [2.45, 2.75) is 31.9 Å². The molecule has 1 heterocycles. The second kappa shape index (κ2) is 6.61. The fraction of sp³-hybridized carbons (Fsp3) is 0.571. The lowest BCUT2D eigenvalue weighted by molar-refractivity contribution is 0.0902. The maximum Gasteiger partial charge on any atom is 0.124 e. The average Bonchev–Trinajstić information content (AvgIpc) is 2.92. The van der Waals surface area contributed by atoms with Crippen molar-refractivity contribution in [3.05, 3.63) is 23.8 Å². The summed E-state index contributed by atoms with van der Waals surface area (Å²) in [5, 5.41) is 0. The quantitative estimate of drug-likeness (QED) is 0.841. The van der Waals surface area contributed by atoms with Crippen LogP contribution in [0.3, 0.4) is 0 Å². The van der Waals surface area contributed by atoms with Crippen molar-refractivity contribution in [1.29, 1.82) is 0 Å². The Morgan fingerprint density at radius 1 is 1.44 bits per heavy atom. The average molecular weight is 251 g/mol. The minimum Gasteiger partial charge on any atom is -0.497 e. The van der Waals surface area contributed by atoms with Crippen LogP contribution in [0.25, 0.3) is 0 Å². The summed E-state index contributed by atoms with van der Waals surface area (Å²) in [5.41, 5.74) is 6.68. The van der Waals surface area contributed by atoms with Gasteiger partial charge in [0.05, 0.1) is 19.8 Å². The fourth-order valence-corrected chi connectivity index (χ4v) is 2.16. The number of hydrogen-bond donors (Lipinski definition) is 1. The van der Waals surface area contributed by atoms with Gasteiger partial charge in [0, 0.05) is 25.1 Å². The van der Waals surface area contributed by atoms with E-state index in [9.17, 15) is 0 Å². The predicted molar refractivity (Wildman–Crippen MR) is 70.0 cm³/mol. The molecular formula is C14H21NO3. The van der Waals surface area contributed by atoms with Crippen molar-refractivity contribution in [3.63, 3.8) is 0 Å². The Hall–Kier alpha value is -1.26. The maximum atomic E-state index is 5.77. The van der Waals surface area contributed by atoms with Gasteiger partial charge >= 0.3 is 0 Å². The van der Waals surface area contributed by atoms with Crippen LogP contribution in [0.15, 0.2) is 18.2 Å². The summed E-state index contributed by atoms with van der Waals surface area (Å²) in [6.07, 6.45) is 3.62. The molecule has 1 saturated heterocycles. The number of benzene rings is 1. The molecule has 1 aromatic rings. The molecule has 1 aromatic carbocycles. The van der Waals surface area contributed by atoms with Crippen LogP contribution < -0.4 is 15.2 Å². The second-order valence-corrected chi connectivity index (χ2v) is 4.45. The third-order valence-corrected chi connectivity index (χ3v) is 3.21. The van der Waals surface area contributed by atoms with E-state index in [1.807, 2.05) is 18.2 Å². The van der Waals surface area contributed by atoms with Crippen LogP contribution >= 0.6 is 0 Å². The van der Waals surface area contributed by atoms with Crippen molar-refractivity contribution < 1.29 is 14.2 Å². The third-order valence-electron chi connectivity index (χ3n) is 3.21. The highest BCUT2D eigenvalue weighted by Gasteiger charge is 2.15. The van der Waals surface area contributed by atoms with Crippen molar-refractivity contribution in [2.75, 3.05) is 20.3 Å². The van der Waals surface area contributed by atoms with Gasteiger partial charge in [-0.25, -0.2) is 0 Å². The minimum absolute atomic E-state index is 0.365. The first-order chi connectivity index (χ1) is 8.83. The number of ether oxygens (including phenoxy) is 3. The Morgan fingerprint density at radius 3 is 3.00 bits per heavy atom. The summed E-state index contributed by atoms with van der Waals surface area (Å²) in [6, 6.07) is 5.72. The van der Waals surface area contributed by atoms with Crippen LogP contribution in [-0.2, 0) is 11.3 Å². The SMILES string of the molecule is COc1ccc(OCCC2CCCO2)c(CN)c1. The van der Waals surface area contributed by atoms with Crippen molar-refractivity contribution >= 4 is 0 Å². The summed E-state index contributed by atoms with van der Waals surface area (Å²) >= 11 is 0. The number of hydrogen-bond acceptors (Lipinski definition) is 4. The molecule has 2 rings (SSSR count). The zero-order chi connectivity index (χ0) is 12.8. The van der Waals surface area contributed by atoms with E-state index in [1.165, 1.54) is 6.42 Å². The van der Waals surface area contributed by atoms with Crippen LogP contribution in [0.4, 0.5) is 0 Å². The normalized spacial score (nSPS) is 18.9. The Kier molecular flexibility index (Phi) is 4.84. The number of nitrogens with two attached hydrogens (primary N) is 1. The third kappa shape index (κ3) is 3.37. The number of methoxy groups -OCH3 is 1. The number of rotatable bonds is 6. The molecule has 0 saturated carbocycles. The first kappa shape index (κ1) is 13.2. The molecular weight excluding hydrogens is 230 g/mol. The van der Waals surface area contributed by atoms with E-state index in [1.54, 1.807) is 7.11 Å². The Bertz CT molecular complexity index is 375. The van der Waals surface area contributed by atoms with Crippen LogP contribution in [0, 0.1) is 0 Å². The molecule has 4 nitrogen and oxygen atoms in total. The van der Waals surface area contributed by atoms with E-state index in [4.69, 9.17) is 19.9 Å². The molecule has 0 amide bonds. The molecule has 0 aliphatic carbocycles. The van der Waals surface area contributed by atoms with Gasteiger partial charge in [-0.15, -0.1) is 0 Å². The molecule has 1 unspecified atom stereocenters. The zero-order valence-corrected chi connectivity index (χ0v) is 10.9. The summed E-state index contributed by atoms with van der Waals surface area (Å²) in [7, 11) is 1.65. The monoisotopic (exact) mass is 251 g/mol. The lowest BCUT2D eigenvalue weighted by Gasteiger charge is -2.13. The van der Waals surface area contributed by atoms with E-state index in [0.29, 0.717) is 19.3 Å². The standard InChI is InChI=1S/C14H21NO3/c1-16-13-4-5-14(11(9-13)10-15)18-8-6-12-3-2-7-17-12/h4-5,9,12H,2-3,6-8,10,15H2,1H3. The highest BCUT2D eigenvalue weighted by molar-refractivity contribution is 5.40. The Balaban J connectivity index is 1.87. The Labute approximate surface area is 108 Å². The minimum atomic E-state index is 0.365. The highest BCUT2D eigenvalue weighted by Crippen LogP contribution is 2.24. The van der Waals surface area contributed by atoms with E-state index in [0.717, 1.165) is 36.5 Å². The summed E-state index contributed by atoms with van der Waals surface area (Å²) in [6.45, 7) is 2.01. The molecule has 0 aromatic heterocycles. The van der Waals surface area contributed by atoms with Gasteiger partial charge in [-0.1, -0.05) is 0 Å². The first-order valence-electron chi connectivity index (χ1n) is 6.45. The maximum absolute atomic E-state index is 5.77. The lowest BCUT2D eigenvalue weighted by Crippen LogP contribution is -2.12. The van der Waals surface area contributed by atoms with E-state index in [2.05, 4.69) is 0 Å². The topological polar surface area (TPSA) is 53.7 Å². The summed E-state index contributed by atoms with van der Waals surface area (Å²) in [5.74, 6) is 1.65. The largest absolute Gasteiger partial charge is 0.497 e. The molecule has 0 spiro atoms. The van der Waals surface area contributed by atoms with E-state index in [-0.39, 0.29) is 0 Å². The van der Waals surface area contributed by atoms with Gasteiger partial charge < -0.3 is 19.9 Å². The van der Waals surface area contributed by atoms with Gasteiger partial charge in [0.2, 0.25) is 0 Å². The van der Waals surface area contributed by atoms with Gasteiger partial charge in [-0.3, -0.25) is 0 Å². The van der Waals surface area contributed by atoms with Gasteiger partial charge in [0.25, 0.3) is 0 Å². The molecule has 1 aliphatic heterocycles. The smallest absolute Gasteiger partial charge is 0.124 e. The van der Waals surface area contributed by atoms with E-state index < -0.39 is 0 Å². The van der Waals surface area contributed by atoms with Crippen LogP contribution in [-0.4, -0.2) is 26.4 Å². The first-order valence-corrected chi connectivity index (χ1v) is 6.45. The van der Waals surface area contributed by atoms with Crippen molar-refractivity contribution in [1.82, 2.24) is 0 Å². The fourth-order valence-electron chi connectivity index (χ4n) is 2.16. The Morgan fingerprint density at radius 2 is 2.33 bits per heavy atom. The lowest BCUT2D eigenvalue weighted by atomic mass is 10.2.